The molecule has 1 aliphatic rings. The van der Waals surface area contributed by atoms with E-state index >= 15 is 0 Å². The molecule has 2 amide bonds. The van der Waals surface area contributed by atoms with Crippen molar-refractivity contribution in [1.82, 2.24) is 14.7 Å². The van der Waals surface area contributed by atoms with Crippen molar-refractivity contribution in [1.29, 1.82) is 5.26 Å². The van der Waals surface area contributed by atoms with E-state index in [0.29, 0.717) is 18.5 Å². The molecule has 1 aliphatic heterocycles. The van der Waals surface area contributed by atoms with Crippen LogP contribution < -0.4 is 11.1 Å². The first-order valence-corrected chi connectivity index (χ1v) is 10.1. The summed E-state index contributed by atoms with van der Waals surface area (Å²) in [7, 11) is 0. The summed E-state index contributed by atoms with van der Waals surface area (Å²) in [5.74, 6) is -1.52. The van der Waals surface area contributed by atoms with E-state index in [-0.39, 0.29) is 23.8 Å². The van der Waals surface area contributed by atoms with Crippen molar-refractivity contribution in [3.05, 3.63) is 41.8 Å². The van der Waals surface area contributed by atoms with Gasteiger partial charge in [0.25, 0.3) is 5.91 Å². The van der Waals surface area contributed by atoms with Crippen LogP contribution in [0.3, 0.4) is 0 Å². The topological polar surface area (TPSA) is 137 Å². The number of nitriles is 1. The number of nitrogens with one attached hydrogen (secondary N) is 1. The number of carboxylic acid groups (broad SMARTS) is 1. The van der Waals surface area contributed by atoms with E-state index in [1.165, 1.54) is 40.0 Å². The van der Waals surface area contributed by atoms with Gasteiger partial charge >= 0.3 is 6.09 Å². The molecule has 31 heavy (non-hydrogen) atoms. The van der Waals surface area contributed by atoms with Crippen LogP contribution in [-0.2, 0) is 0 Å². The largest absolute Gasteiger partial charge is 0.465 e. The number of carbonyl (C=O) groups is 2. The van der Waals surface area contributed by atoms with Gasteiger partial charge < -0.3 is 21.1 Å². The number of nitrogens with two attached hydrogens (primary N) is 1. The second-order valence-corrected chi connectivity index (χ2v) is 7.73. The fraction of sp³-hybridized carbons (Fsp3) is 0.429. The molecule has 1 saturated heterocycles. The SMILES string of the molecule is CCC(C)C1C(n2cc(C(N)=O)c(Nc3ccc(F)cc3)n2)C(C#N)CCN1C(=O)O. The van der Waals surface area contributed by atoms with E-state index in [1.807, 2.05) is 13.8 Å². The summed E-state index contributed by atoms with van der Waals surface area (Å²) in [6, 6.07) is 6.70. The Bertz CT molecular complexity index is 1000. The number of likely N-dealkylation sites (tertiary alicyclic amines) is 1. The Morgan fingerprint density at radius 1 is 1.42 bits per heavy atom. The van der Waals surface area contributed by atoms with Crippen LogP contribution in [0.4, 0.5) is 20.7 Å². The Kier molecular flexibility index (Phi) is 6.44. The van der Waals surface area contributed by atoms with Gasteiger partial charge in [-0.2, -0.15) is 10.4 Å². The molecule has 3 rings (SSSR count). The molecule has 0 saturated carbocycles. The van der Waals surface area contributed by atoms with Crippen LogP contribution in [-0.4, -0.2) is 44.4 Å². The van der Waals surface area contributed by atoms with E-state index in [9.17, 15) is 24.3 Å². The van der Waals surface area contributed by atoms with Gasteiger partial charge in [0.15, 0.2) is 5.82 Å². The van der Waals surface area contributed by atoms with Crippen molar-refractivity contribution in [3.63, 3.8) is 0 Å². The standard InChI is InChI=1S/C21H25FN6O3/c1-3-12(2)17-18(13(10-23)8-9-27(17)21(30)31)28-11-16(19(24)29)20(26-28)25-15-6-4-14(22)5-7-15/h4-7,11-13,17-18H,3,8-9H2,1-2H3,(H2,24,29)(H,25,26)(H,30,31). The molecule has 164 valence electrons. The molecule has 4 unspecified atom stereocenters. The van der Waals surface area contributed by atoms with E-state index in [0.717, 1.165) is 0 Å². The lowest BCUT2D eigenvalue weighted by Crippen LogP contribution is -2.54. The number of rotatable bonds is 6. The molecule has 2 heterocycles. The van der Waals surface area contributed by atoms with Crippen molar-refractivity contribution in [2.24, 2.45) is 17.6 Å². The molecule has 4 atom stereocenters. The fourth-order valence-electron chi connectivity index (χ4n) is 4.10. The summed E-state index contributed by atoms with van der Waals surface area (Å²) >= 11 is 0. The predicted molar refractivity (Wildman–Crippen MR) is 111 cm³/mol. The number of halogens is 1. The minimum absolute atomic E-state index is 0.0491. The summed E-state index contributed by atoms with van der Waals surface area (Å²) in [6.45, 7) is 4.14. The summed E-state index contributed by atoms with van der Waals surface area (Å²) in [6.07, 6.45) is 1.45. The van der Waals surface area contributed by atoms with Crippen LogP contribution in [0.2, 0.25) is 0 Å². The zero-order chi connectivity index (χ0) is 22.7. The zero-order valence-corrected chi connectivity index (χ0v) is 17.3. The van der Waals surface area contributed by atoms with Gasteiger partial charge in [-0.3, -0.25) is 9.48 Å². The smallest absolute Gasteiger partial charge is 0.407 e. The van der Waals surface area contributed by atoms with Crippen LogP contribution in [0, 0.1) is 29.0 Å². The molecule has 2 aromatic rings. The number of anilines is 2. The maximum Gasteiger partial charge on any atom is 0.407 e. The first-order valence-electron chi connectivity index (χ1n) is 10.1. The average molecular weight is 428 g/mol. The summed E-state index contributed by atoms with van der Waals surface area (Å²) in [4.78, 5) is 25.3. The molecule has 0 aliphatic carbocycles. The van der Waals surface area contributed by atoms with Gasteiger partial charge in [-0.05, 0) is 36.6 Å². The number of amides is 2. The quantitative estimate of drug-likeness (QED) is 0.645. The lowest BCUT2D eigenvalue weighted by molar-refractivity contribution is 0.0354. The monoisotopic (exact) mass is 428 g/mol. The summed E-state index contributed by atoms with van der Waals surface area (Å²) in [5.41, 5.74) is 6.13. The minimum atomic E-state index is -1.06. The Balaban J connectivity index is 2.06. The molecule has 1 aromatic carbocycles. The minimum Gasteiger partial charge on any atom is -0.465 e. The molecule has 1 aromatic heterocycles. The Hall–Kier alpha value is -3.61. The van der Waals surface area contributed by atoms with Crippen LogP contribution in [0.1, 0.15) is 43.1 Å². The van der Waals surface area contributed by atoms with Crippen molar-refractivity contribution in [3.8, 4) is 6.07 Å². The Labute approximate surface area is 179 Å². The van der Waals surface area contributed by atoms with Gasteiger partial charge in [-0.25, -0.2) is 9.18 Å². The zero-order valence-electron chi connectivity index (χ0n) is 17.3. The van der Waals surface area contributed by atoms with E-state index in [4.69, 9.17) is 5.73 Å². The van der Waals surface area contributed by atoms with Crippen molar-refractivity contribution >= 4 is 23.5 Å². The van der Waals surface area contributed by atoms with Crippen molar-refractivity contribution in [2.45, 2.75) is 38.8 Å². The third kappa shape index (κ3) is 4.45. The first kappa shape index (κ1) is 22.1. The van der Waals surface area contributed by atoms with Crippen molar-refractivity contribution in [2.75, 3.05) is 11.9 Å². The van der Waals surface area contributed by atoms with E-state index in [1.54, 1.807) is 0 Å². The second kappa shape index (κ2) is 9.04. The lowest BCUT2D eigenvalue weighted by atomic mass is 9.80. The second-order valence-electron chi connectivity index (χ2n) is 7.73. The van der Waals surface area contributed by atoms with Crippen LogP contribution in [0.15, 0.2) is 30.5 Å². The van der Waals surface area contributed by atoms with Gasteiger partial charge in [0.2, 0.25) is 0 Å². The summed E-state index contributed by atoms with van der Waals surface area (Å²) < 4.78 is 14.7. The highest BCUT2D eigenvalue weighted by molar-refractivity contribution is 5.98. The van der Waals surface area contributed by atoms with Crippen LogP contribution in [0.25, 0.3) is 0 Å². The van der Waals surface area contributed by atoms with Gasteiger partial charge in [-0.15, -0.1) is 0 Å². The van der Waals surface area contributed by atoms with E-state index in [2.05, 4.69) is 16.5 Å². The number of hydrogen-bond donors (Lipinski definition) is 3. The third-order valence-corrected chi connectivity index (χ3v) is 5.85. The summed E-state index contributed by atoms with van der Waals surface area (Å²) in [5, 5.41) is 26.9. The first-order chi connectivity index (χ1) is 14.8. The van der Waals surface area contributed by atoms with Gasteiger partial charge in [-0.1, -0.05) is 20.3 Å². The van der Waals surface area contributed by atoms with Crippen LogP contribution in [0.5, 0.6) is 0 Å². The number of nitrogens with zero attached hydrogens (tertiary/aromatic N) is 4. The van der Waals surface area contributed by atoms with Gasteiger partial charge in [0, 0.05) is 18.4 Å². The normalized spacial score (nSPS) is 21.9. The maximum atomic E-state index is 13.2. The number of hydrogen-bond acceptors (Lipinski definition) is 5. The predicted octanol–water partition coefficient (Wildman–Crippen LogP) is 3.34. The highest BCUT2D eigenvalue weighted by atomic mass is 19.1. The Morgan fingerprint density at radius 2 is 2.10 bits per heavy atom. The number of benzene rings is 1. The number of carbonyl (C=O) groups excluding carboxylic acids is 1. The van der Waals surface area contributed by atoms with Gasteiger partial charge in [0.1, 0.15) is 11.4 Å². The van der Waals surface area contributed by atoms with Crippen LogP contribution >= 0.6 is 0 Å². The molecular formula is C21H25FN6O3. The van der Waals surface area contributed by atoms with E-state index < -0.39 is 35.8 Å². The van der Waals surface area contributed by atoms with Gasteiger partial charge in [0.05, 0.1) is 24.1 Å². The molecule has 1 fully saturated rings. The number of primary amides is 1. The molecule has 9 nitrogen and oxygen atoms in total. The molecule has 0 radical (unpaired) electrons. The average Bonchev–Trinajstić information content (AvgIpc) is 3.17. The Morgan fingerprint density at radius 3 is 2.65 bits per heavy atom. The molecule has 0 spiro atoms. The molecule has 0 bridgehead atoms. The highest BCUT2D eigenvalue weighted by Crippen LogP contribution is 2.38. The third-order valence-electron chi connectivity index (χ3n) is 5.85. The molecular weight excluding hydrogens is 403 g/mol. The molecule has 4 N–H and O–H groups in total. The highest BCUT2D eigenvalue weighted by Gasteiger charge is 2.44. The maximum absolute atomic E-state index is 13.2. The molecule has 10 heteroatoms. The fourth-order valence-corrected chi connectivity index (χ4v) is 4.10. The number of piperidine rings is 1. The lowest BCUT2D eigenvalue weighted by Gasteiger charge is -2.44. The number of aromatic nitrogens is 2. The van der Waals surface area contributed by atoms with Crippen molar-refractivity contribution < 1.29 is 19.1 Å².